The molecule has 0 aromatic carbocycles. The number of nitrogens with zero attached hydrogens (tertiary/aromatic N) is 2. The number of hydrogen-bond acceptors (Lipinski definition) is 2. The first-order valence-corrected chi connectivity index (χ1v) is 3.32. The van der Waals surface area contributed by atoms with E-state index in [1.54, 1.807) is 18.5 Å². The van der Waals surface area contributed by atoms with Crippen LogP contribution in [0, 0.1) is 0 Å². The van der Waals surface area contributed by atoms with E-state index in [2.05, 4.69) is 21.8 Å². The predicted molar refractivity (Wildman–Crippen MR) is 44.0 cm³/mol. The van der Waals surface area contributed by atoms with Crippen molar-refractivity contribution in [2.45, 2.75) is 0 Å². The minimum Gasteiger partial charge on any atom is -0.261 e. The molecule has 1 N–H and O–H groups in total. The fraction of sp³-hybridized carbons (Fsp3) is 0. The van der Waals surface area contributed by atoms with Crippen LogP contribution in [-0.4, -0.2) is 15.2 Å². The SMILES string of the molecule is C=Cc1cnc2[nH]ncc2c1. The smallest absolute Gasteiger partial charge is 0.155 e. The molecule has 0 spiro atoms. The van der Waals surface area contributed by atoms with Crippen molar-refractivity contribution in [3.8, 4) is 0 Å². The van der Waals surface area contributed by atoms with Crippen LogP contribution in [0.5, 0.6) is 0 Å². The monoisotopic (exact) mass is 145 g/mol. The predicted octanol–water partition coefficient (Wildman–Crippen LogP) is 1.60. The Morgan fingerprint density at radius 1 is 1.45 bits per heavy atom. The summed E-state index contributed by atoms with van der Waals surface area (Å²) < 4.78 is 0. The highest BCUT2D eigenvalue weighted by atomic mass is 15.1. The van der Waals surface area contributed by atoms with E-state index < -0.39 is 0 Å². The molecule has 54 valence electrons. The zero-order chi connectivity index (χ0) is 7.68. The lowest BCUT2D eigenvalue weighted by atomic mass is 10.2. The molecule has 0 bridgehead atoms. The third kappa shape index (κ3) is 0.902. The normalized spacial score (nSPS) is 10.2. The standard InChI is InChI=1S/C8H7N3/c1-2-6-3-7-5-10-11-8(7)9-4-6/h2-5H,1H2,(H,9,10,11). The summed E-state index contributed by atoms with van der Waals surface area (Å²) in [6.07, 6.45) is 5.27. The lowest BCUT2D eigenvalue weighted by molar-refractivity contribution is 1.10. The van der Waals surface area contributed by atoms with Gasteiger partial charge in [-0.3, -0.25) is 5.10 Å². The molecule has 2 aromatic heterocycles. The van der Waals surface area contributed by atoms with Crippen molar-refractivity contribution in [3.05, 3.63) is 30.6 Å². The van der Waals surface area contributed by atoms with Gasteiger partial charge in [-0.1, -0.05) is 12.7 Å². The van der Waals surface area contributed by atoms with Gasteiger partial charge in [0.05, 0.1) is 6.20 Å². The number of pyridine rings is 1. The van der Waals surface area contributed by atoms with Gasteiger partial charge in [-0.2, -0.15) is 5.10 Å². The Hall–Kier alpha value is -1.64. The van der Waals surface area contributed by atoms with Crippen molar-refractivity contribution in [1.29, 1.82) is 0 Å². The lowest BCUT2D eigenvalue weighted by Gasteiger charge is -1.89. The second-order valence-electron chi connectivity index (χ2n) is 2.28. The van der Waals surface area contributed by atoms with E-state index in [0.717, 1.165) is 16.6 Å². The number of rotatable bonds is 1. The second-order valence-corrected chi connectivity index (χ2v) is 2.28. The molecule has 2 heterocycles. The molecule has 3 nitrogen and oxygen atoms in total. The average Bonchev–Trinajstić information content (AvgIpc) is 2.50. The summed E-state index contributed by atoms with van der Waals surface area (Å²) in [7, 11) is 0. The summed E-state index contributed by atoms with van der Waals surface area (Å²) in [4.78, 5) is 4.12. The Labute approximate surface area is 63.8 Å². The van der Waals surface area contributed by atoms with Crippen molar-refractivity contribution < 1.29 is 0 Å². The fourth-order valence-electron chi connectivity index (χ4n) is 0.965. The highest BCUT2D eigenvalue weighted by molar-refractivity contribution is 5.76. The van der Waals surface area contributed by atoms with Crippen LogP contribution in [0.1, 0.15) is 5.56 Å². The number of fused-ring (bicyclic) bond motifs is 1. The summed E-state index contributed by atoms with van der Waals surface area (Å²) >= 11 is 0. The summed E-state index contributed by atoms with van der Waals surface area (Å²) in [5.41, 5.74) is 1.83. The first-order valence-electron chi connectivity index (χ1n) is 3.32. The van der Waals surface area contributed by atoms with Gasteiger partial charge in [-0.05, 0) is 11.6 Å². The number of aromatic amines is 1. The first-order chi connectivity index (χ1) is 5.40. The van der Waals surface area contributed by atoms with Crippen LogP contribution in [0.2, 0.25) is 0 Å². The lowest BCUT2D eigenvalue weighted by Crippen LogP contribution is -1.77. The first kappa shape index (κ1) is 6.09. The summed E-state index contributed by atoms with van der Waals surface area (Å²) in [5, 5.41) is 7.65. The minimum absolute atomic E-state index is 0.815. The Kier molecular flexibility index (Phi) is 1.22. The van der Waals surface area contributed by atoms with Crippen molar-refractivity contribution >= 4 is 17.1 Å². The molecule has 0 saturated heterocycles. The highest BCUT2D eigenvalue weighted by Gasteiger charge is 1.94. The van der Waals surface area contributed by atoms with Crippen LogP contribution in [0.4, 0.5) is 0 Å². The van der Waals surface area contributed by atoms with E-state index in [4.69, 9.17) is 0 Å². The molecule has 0 unspecified atom stereocenters. The van der Waals surface area contributed by atoms with Gasteiger partial charge in [-0.15, -0.1) is 0 Å². The van der Waals surface area contributed by atoms with Gasteiger partial charge in [0.2, 0.25) is 0 Å². The van der Waals surface area contributed by atoms with Crippen LogP contribution >= 0.6 is 0 Å². The van der Waals surface area contributed by atoms with Crippen molar-refractivity contribution in [1.82, 2.24) is 15.2 Å². The van der Waals surface area contributed by atoms with Crippen molar-refractivity contribution in [2.24, 2.45) is 0 Å². The van der Waals surface area contributed by atoms with Gasteiger partial charge in [0, 0.05) is 11.6 Å². The Morgan fingerprint density at radius 2 is 2.36 bits per heavy atom. The largest absolute Gasteiger partial charge is 0.261 e. The number of aromatic nitrogens is 3. The van der Waals surface area contributed by atoms with E-state index in [-0.39, 0.29) is 0 Å². The number of hydrogen-bond donors (Lipinski definition) is 1. The van der Waals surface area contributed by atoms with Gasteiger partial charge in [0.15, 0.2) is 5.65 Å². The zero-order valence-corrected chi connectivity index (χ0v) is 5.91. The maximum Gasteiger partial charge on any atom is 0.155 e. The molecular weight excluding hydrogens is 138 g/mol. The van der Waals surface area contributed by atoms with Crippen LogP contribution < -0.4 is 0 Å². The summed E-state index contributed by atoms with van der Waals surface area (Å²) in [6, 6.07) is 1.98. The van der Waals surface area contributed by atoms with Crippen LogP contribution in [0.15, 0.2) is 25.0 Å². The quantitative estimate of drug-likeness (QED) is 0.662. The molecule has 0 aliphatic heterocycles. The molecule has 2 rings (SSSR count). The topological polar surface area (TPSA) is 41.6 Å². The molecule has 0 fully saturated rings. The molecular formula is C8H7N3. The molecule has 0 saturated carbocycles. The minimum atomic E-state index is 0.815. The van der Waals surface area contributed by atoms with Gasteiger partial charge in [0.1, 0.15) is 0 Å². The van der Waals surface area contributed by atoms with E-state index >= 15 is 0 Å². The van der Waals surface area contributed by atoms with E-state index in [1.807, 2.05) is 6.07 Å². The van der Waals surface area contributed by atoms with Crippen molar-refractivity contribution in [2.75, 3.05) is 0 Å². The van der Waals surface area contributed by atoms with E-state index in [1.165, 1.54) is 0 Å². The summed E-state index contributed by atoms with van der Waals surface area (Å²) in [6.45, 7) is 3.65. The number of H-pyrrole nitrogens is 1. The van der Waals surface area contributed by atoms with Gasteiger partial charge in [0.25, 0.3) is 0 Å². The van der Waals surface area contributed by atoms with E-state index in [0.29, 0.717) is 0 Å². The molecule has 0 atom stereocenters. The second kappa shape index (κ2) is 2.20. The maximum atomic E-state index is 4.12. The molecule has 2 aromatic rings. The van der Waals surface area contributed by atoms with Crippen molar-refractivity contribution in [3.63, 3.8) is 0 Å². The molecule has 0 aliphatic rings. The maximum absolute atomic E-state index is 4.12. The number of nitrogens with one attached hydrogen (secondary N) is 1. The van der Waals surface area contributed by atoms with Crippen LogP contribution in [0.3, 0.4) is 0 Å². The molecule has 0 aliphatic carbocycles. The fourth-order valence-corrected chi connectivity index (χ4v) is 0.965. The third-order valence-corrected chi connectivity index (χ3v) is 1.55. The van der Waals surface area contributed by atoms with E-state index in [9.17, 15) is 0 Å². The molecule has 0 radical (unpaired) electrons. The summed E-state index contributed by atoms with van der Waals surface area (Å²) in [5.74, 6) is 0. The zero-order valence-electron chi connectivity index (χ0n) is 5.91. The molecule has 11 heavy (non-hydrogen) atoms. The Balaban J connectivity index is 2.76. The average molecular weight is 145 g/mol. The van der Waals surface area contributed by atoms with Crippen LogP contribution in [-0.2, 0) is 0 Å². The highest BCUT2D eigenvalue weighted by Crippen LogP contribution is 2.09. The third-order valence-electron chi connectivity index (χ3n) is 1.55. The molecule has 3 heteroatoms. The van der Waals surface area contributed by atoms with Gasteiger partial charge < -0.3 is 0 Å². The van der Waals surface area contributed by atoms with Crippen LogP contribution in [0.25, 0.3) is 17.1 Å². The van der Waals surface area contributed by atoms with Gasteiger partial charge >= 0.3 is 0 Å². The van der Waals surface area contributed by atoms with Gasteiger partial charge in [-0.25, -0.2) is 4.98 Å². The molecule has 0 amide bonds. The Morgan fingerprint density at radius 3 is 3.18 bits per heavy atom. The Bertz CT molecular complexity index is 389.